The topological polar surface area (TPSA) is 55.8 Å². The van der Waals surface area contributed by atoms with E-state index >= 15 is 0 Å². The molecule has 0 aliphatic carbocycles. The monoisotopic (exact) mass is 577 g/mol. The van der Waals surface area contributed by atoms with E-state index in [1.54, 1.807) is 42.5 Å². The summed E-state index contributed by atoms with van der Waals surface area (Å²) in [5.41, 5.74) is 1.52. The van der Waals surface area contributed by atoms with Crippen LogP contribution in [0, 0.1) is 0 Å². The van der Waals surface area contributed by atoms with Gasteiger partial charge in [-0.05, 0) is 66.4 Å². The number of nitrogens with zero attached hydrogens (tertiary/aromatic N) is 1. The fourth-order valence-electron chi connectivity index (χ4n) is 3.15. The van der Waals surface area contributed by atoms with E-state index in [1.165, 1.54) is 4.90 Å². The van der Waals surface area contributed by atoms with Crippen molar-refractivity contribution in [1.82, 2.24) is 4.90 Å². The van der Waals surface area contributed by atoms with Crippen molar-refractivity contribution in [3.8, 4) is 11.5 Å². The van der Waals surface area contributed by atoms with Crippen LogP contribution in [-0.2, 0) is 11.4 Å². The van der Waals surface area contributed by atoms with Crippen molar-refractivity contribution in [2.45, 2.75) is 6.61 Å². The number of rotatable bonds is 8. The summed E-state index contributed by atoms with van der Waals surface area (Å²) in [7, 11) is 0. The molecule has 1 fully saturated rings. The summed E-state index contributed by atoms with van der Waals surface area (Å²) in [5, 5.41) is 0.874. The number of carbonyl (C=O) groups excluding carboxylic acids is 2. The first kappa shape index (κ1) is 24.7. The highest BCUT2D eigenvalue weighted by molar-refractivity contribution is 9.10. The highest BCUT2D eigenvalue weighted by Crippen LogP contribution is 2.35. The molecule has 0 N–H and O–H groups in total. The second-order valence-electron chi connectivity index (χ2n) is 7.20. The van der Waals surface area contributed by atoms with Crippen molar-refractivity contribution in [1.29, 1.82) is 0 Å². The van der Waals surface area contributed by atoms with E-state index in [-0.39, 0.29) is 30.9 Å². The van der Waals surface area contributed by atoms with Gasteiger partial charge in [0.1, 0.15) is 24.7 Å². The smallest absolute Gasteiger partial charge is 0.293 e. The van der Waals surface area contributed by atoms with Gasteiger partial charge >= 0.3 is 0 Å². The third-order valence-electron chi connectivity index (χ3n) is 4.87. The molecule has 4 rings (SSSR count). The van der Waals surface area contributed by atoms with Gasteiger partial charge in [-0.25, -0.2) is 0 Å². The molecule has 0 spiro atoms. The Hall–Kier alpha value is -2.45. The zero-order valence-corrected chi connectivity index (χ0v) is 21.6. The Morgan fingerprint density at radius 2 is 1.74 bits per heavy atom. The minimum atomic E-state index is -0.369. The molecule has 0 atom stereocenters. The van der Waals surface area contributed by atoms with E-state index in [9.17, 15) is 9.59 Å². The molecule has 1 aliphatic rings. The van der Waals surface area contributed by atoms with E-state index in [2.05, 4.69) is 15.9 Å². The summed E-state index contributed by atoms with van der Waals surface area (Å²) >= 11 is 16.4. The van der Waals surface area contributed by atoms with Crippen LogP contribution in [0.2, 0.25) is 10.0 Å². The van der Waals surface area contributed by atoms with Gasteiger partial charge in [0.25, 0.3) is 11.1 Å². The fourth-order valence-corrected chi connectivity index (χ4v) is 4.71. The Morgan fingerprint density at radius 1 is 0.971 bits per heavy atom. The van der Waals surface area contributed by atoms with Gasteiger partial charge in [-0.1, -0.05) is 57.3 Å². The largest absolute Gasteiger partial charge is 0.492 e. The number of hydrogen-bond acceptors (Lipinski definition) is 5. The number of imide groups is 1. The summed E-state index contributed by atoms with van der Waals surface area (Å²) in [4.78, 5) is 26.9. The van der Waals surface area contributed by atoms with E-state index in [1.807, 2.05) is 30.3 Å². The van der Waals surface area contributed by atoms with E-state index in [0.29, 0.717) is 32.0 Å². The predicted molar refractivity (Wildman–Crippen MR) is 140 cm³/mol. The van der Waals surface area contributed by atoms with Crippen molar-refractivity contribution >= 4 is 68.1 Å². The Morgan fingerprint density at radius 3 is 2.50 bits per heavy atom. The lowest BCUT2D eigenvalue weighted by Gasteiger charge is -2.13. The Kier molecular flexibility index (Phi) is 8.21. The average molecular weight is 579 g/mol. The lowest BCUT2D eigenvalue weighted by molar-refractivity contribution is -0.123. The van der Waals surface area contributed by atoms with Crippen molar-refractivity contribution in [3.05, 3.63) is 97.3 Å². The summed E-state index contributed by atoms with van der Waals surface area (Å²) in [6, 6.07) is 19.8. The van der Waals surface area contributed by atoms with Crippen LogP contribution in [0.5, 0.6) is 11.5 Å². The van der Waals surface area contributed by atoms with Crippen LogP contribution < -0.4 is 9.47 Å². The van der Waals surface area contributed by atoms with Gasteiger partial charge < -0.3 is 9.47 Å². The highest BCUT2D eigenvalue weighted by atomic mass is 79.9. The van der Waals surface area contributed by atoms with Gasteiger partial charge in [-0.3, -0.25) is 14.5 Å². The first-order chi connectivity index (χ1) is 16.4. The molecule has 0 bridgehead atoms. The predicted octanol–water partition coefficient (Wildman–Crippen LogP) is 7.45. The third kappa shape index (κ3) is 6.16. The molecule has 174 valence electrons. The van der Waals surface area contributed by atoms with Crippen LogP contribution in [0.1, 0.15) is 11.1 Å². The first-order valence-electron chi connectivity index (χ1n) is 10.2. The number of amides is 2. The fraction of sp³-hybridized carbons (Fsp3) is 0.120. The standard InChI is InChI=1S/C25H18BrCl2NO4S/c26-18-5-10-22(33-15-16-3-1-2-4-21(16)28)17(13-18)14-23-24(30)29(25(31)34-23)11-12-32-20-8-6-19(27)7-9-20/h1-10,13-14H,11-12,15H2/b23-14-. The zero-order chi connectivity index (χ0) is 24.1. The van der Waals surface area contributed by atoms with Gasteiger partial charge in [-0.15, -0.1) is 0 Å². The molecule has 0 unspecified atom stereocenters. The molecular weight excluding hydrogens is 561 g/mol. The maximum absolute atomic E-state index is 12.9. The minimum Gasteiger partial charge on any atom is -0.492 e. The number of carbonyl (C=O) groups is 2. The van der Waals surface area contributed by atoms with Crippen LogP contribution in [0.3, 0.4) is 0 Å². The Bertz CT molecular complexity index is 1250. The number of hydrogen-bond donors (Lipinski definition) is 0. The molecule has 3 aromatic rings. The van der Waals surface area contributed by atoms with Crippen LogP contribution in [0.25, 0.3) is 6.08 Å². The quantitative estimate of drug-likeness (QED) is 0.260. The zero-order valence-electron chi connectivity index (χ0n) is 17.7. The minimum absolute atomic E-state index is 0.138. The maximum Gasteiger partial charge on any atom is 0.293 e. The molecule has 5 nitrogen and oxygen atoms in total. The molecule has 1 aliphatic heterocycles. The molecule has 34 heavy (non-hydrogen) atoms. The first-order valence-corrected chi connectivity index (χ1v) is 12.6. The van der Waals surface area contributed by atoms with Crippen LogP contribution in [-0.4, -0.2) is 29.2 Å². The van der Waals surface area contributed by atoms with Gasteiger partial charge in [0, 0.05) is 25.6 Å². The number of halogens is 3. The second-order valence-corrected chi connectivity index (χ2v) is 9.95. The highest BCUT2D eigenvalue weighted by Gasteiger charge is 2.35. The van der Waals surface area contributed by atoms with Crippen molar-refractivity contribution in [2.24, 2.45) is 0 Å². The maximum atomic E-state index is 12.9. The molecule has 0 radical (unpaired) electrons. The summed E-state index contributed by atoms with van der Waals surface area (Å²) in [5.74, 6) is 0.814. The lowest BCUT2D eigenvalue weighted by atomic mass is 10.1. The van der Waals surface area contributed by atoms with E-state index < -0.39 is 0 Å². The molecule has 0 aromatic heterocycles. The summed E-state index contributed by atoms with van der Waals surface area (Å²) in [6.45, 7) is 0.584. The number of ether oxygens (including phenoxy) is 2. The van der Waals surface area contributed by atoms with Crippen LogP contribution >= 0.6 is 50.9 Å². The van der Waals surface area contributed by atoms with Crippen molar-refractivity contribution in [2.75, 3.05) is 13.2 Å². The Labute approximate surface area is 219 Å². The van der Waals surface area contributed by atoms with Gasteiger partial charge in [-0.2, -0.15) is 0 Å². The van der Waals surface area contributed by atoms with Gasteiger partial charge in [0.15, 0.2) is 0 Å². The number of thioether (sulfide) groups is 1. The molecule has 1 saturated heterocycles. The second kappa shape index (κ2) is 11.3. The molecular formula is C25H18BrCl2NO4S. The molecule has 3 aromatic carbocycles. The van der Waals surface area contributed by atoms with Gasteiger partial charge in [0.2, 0.25) is 0 Å². The van der Waals surface area contributed by atoms with E-state index in [0.717, 1.165) is 21.8 Å². The SMILES string of the molecule is O=C1S/C(=C\c2cc(Br)ccc2OCc2ccccc2Cl)C(=O)N1CCOc1ccc(Cl)cc1. The lowest BCUT2D eigenvalue weighted by Crippen LogP contribution is -2.32. The van der Waals surface area contributed by atoms with Crippen molar-refractivity contribution < 1.29 is 19.1 Å². The Balaban J connectivity index is 1.45. The van der Waals surface area contributed by atoms with Crippen molar-refractivity contribution in [3.63, 3.8) is 0 Å². The normalized spacial score (nSPS) is 14.7. The van der Waals surface area contributed by atoms with Gasteiger partial charge in [0.05, 0.1) is 11.4 Å². The molecule has 9 heteroatoms. The molecule has 1 heterocycles. The molecule has 2 amide bonds. The van der Waals surface area contributed by atoms with Crippen LogP contribution in [0.4, 0.5) is 4.79 Å². The average Bonchev–Trinajstić information content (AvgIpc) is 3.08. The van der Waals surface area contributed by atoms with Crippen LogP contribution in [0.15, 0.2) is 76.1 Å². The van der Waals surface area contributed by atoms with E-state index in [4.69, 9.17) is 32.7 Å². The third-order valence-corrected chi connectivity index (χ3v) is 6.89. The summed E-state index contributed by atoms with van der Waals surface area (Å²) in [6.07, 6.45) is 1.66. The summed E-state index contributed by atoms with van der Waals surface area (Å²) < 4.78 is 12.4. The number of benzene rings is 3. The molecule has 0 saturated carbocycles.